The van der Waals surface area contributed by atoms with Crippen molar-refractivity contribution in [2.24, 2.45) is 11.8 Å². The van der Waals surface area contributed by atoms with Crippen LogP contribution in [0.2, 0.25) is 0 Å². The number of fused-ring (bicyclic) bond motifs is 3. The number of aliphatic hydroxyl groups excluding tert-OH is 1. The number of carbonyl (C=O) groups is 2. The molecule has 4 atom stereocenters. The highest BCUT2D eigenvalue weighted by Crippen LogP contribution is 2.49. The van der Waals surface area contributed by atoms with E-state index in [1.165, 1.54) is 23.2 Å². The van der Waals surface area contributed by atoms with E-state index in [0.717, 1.165) is 5.56 Å². The summed E-state index contributed by atoms with van der Waals surface area (Å²) in [5, 5.41) is 15.2. The standard InChI is InChI=1S/C25H24N4O4S/c1-15(31)29-21-18(19(14-30)22(29)23(32)27-25-26-11-12-34-25)13-28-20(21)10-9-17(24(28)33)8-7-16-5-3-2-4-6-16/h2-12,18-19,21-22,30H,13-14H2,1H3,(H,26,27,32)/t18-,19-,21+,22-/m0/s1. The quantitative estimate of drug-likeness (QED) is 0.589. The Balaban J connectivity index is 1.49. The van der Waals surface area contributed by atoms with Crippen LogP contribution in [-0.2, 0) is 16.1 Å². The third-order valence-electron chi connectivity index (χ3n) is 6.65. The number of nitrogens with zero attached hydrogens (tertiary/aromatic N) is 3. The number of likely N-dealkylation sites (tertiary alicyclic amines) is 1. The molecule has 2 aromatic heterocycles. The Morgan fingerprint density at radius 1 is 1.21 bits per heavy atom. The fourth-order valence-corrected chi connectivity index (χ4v) is 5.74. The van der Waals surface area contributed by atoms with E-state index in [1.807, 2.05) is 42.5 Å². The second kappa shape index (κ2) is 9.00. The number of rotatable bonds is 5. The van der Waals surface area contributed by atoms with Gasteiger partial charge in [0.1, 0.15) is 6.04 Å². The highest BCUT2D eigenvalue weighted by Gasteiger charge is 2.56. The molecule has 0 bridgehead atoms. The minimum atomic E-state index is -0.845. The summed E-state index contributed by atoms with van der Waals surface area (Å²) in [6.45, 7) is 1.48. The van der Waals surface area contributed by atoms with Crippen molar-refractivity contribution in [3.05, 3.63) is 81.2 Å². The molecule has 34 heavy (non-hydrogen) atoms. The van der Waals surface area contributed by atoms with Gasteiger partial charge in [-0.05, 0) is 23.8 Å². The first-order valence-electron chi connectivity index (χ1n) is 11.1. The Labute approximate surface area is 200 Å². The van der Waals surface area contributed by atoms with Crippen LogP contribution in [0.15, 0.2) is 58.8 Å². The van der Waals surface area contributed by atoms with Crippen LogP contribution >= 0.6 is 11.3 Å². The van der Waals surface area contributed by atoms with E-state index in [9.17, 15) is 19.5 Å². The first-order valence-corrected chi connectivity index (χ1v) is 11.9. The molecule has 2 amide bonds. The SMILES string of the molecule is CC(=O)N1[C@H](C(=O)Nc2nccs2)[C@@H](CO)[C@@H]2Cn3c(ccc(C=Cc4ccccc4)c3=O)[C@@H]21. The summed E-state index contributed by atoms with van der Waals surface area (Å²) in [6, 6.07) is 12.0. The summed E-state index contributed by atoms with van der Waals surface area (Å²) in [5.41, 5.74) is 2.06. The van der Waals surface area contributed by atoms with Crippen LogP contribution in [0.5, 0.6) is 0 Å². The van der Waals surface area contributed by atoms with Gasteiger partial charge in [-0.25, -0.2) is 4.98 Å². The number of benzene rings is 1. The lowest BCUT2D eigenvalue weighted by atomic mass is 9.88. The summed E-state index contributed by atoms with van der Waals surface area (Å²) in [6.07, 6.45) is 5.26. The van der Waals surface area contributed by atoms with Crippen molar-refractivity contribution in [1.29, 1.82) is 0 Å². The molecular formula is C25H24N4O4S. The zero-order chi connectivity index (χ0) is 23.8. The van der Waals surface area contributed by atoms with E-state index < -0.39 is 18.0 Å². The number of hydrogen-bond donors (Lipinski definition) is 2. The lowest BCUT2D eigenvalue weighted by Crippen LogP contribution is -2.47. The van der Waals surface area contributed by atoms with Gasteiger partial charge in [-0.1, -0.05) is 36.4 Å². The number of hydrogen-bond acceptors (Lipinski definition) is 6. The third-order valence-corrected chi connectivity index (χ3v) is 7.34. The molecular weight excluding hydrogens is 452 g/mol. The van der Waals surface area contributed by atoms with Gasteiger partial charge < -0.3 is 19.9 Å². The largest absolute Gasteiger partial charge is 0.396 e. The number of anilines is 1. The molecule has 0 saturated carbocycles. The van der Waals surface area contributed by atoms with Crippen molar-refractivity contribution in [2.45, 2.75) is 25.6 Å². The number of carbonyl (C=O) groups excluding carboxylic acids is 2. The molecule has 1 fully saturated rings. The van der Waals surface area contributed by atoms with Crippen molar-refractivity contribution in [3.8, 4) is 0 Å². The van der Waals surface area contributed by atoms with Gasteiger partial charge in [0.25, 0.3) is 5.56 Å². The highest BCUT2D eigenvalue weighted by atomic mass is 32.1. The number of thiazole rings is 1. The van der Waals surface area contributed by atoms with E-state index in [1.54, 1.807) is 28.3 Å². The number of pyridine rings is 1. The molecule has 0 radical (unpaired) electrons. The van der Waals surface area contributed by atoms with Crippen molar-refractivity contribution >= 4 is 40.4 Å². The van der Waals surface area contributed by atoms with Gasteiger partial charge >= 0.3 is 0 Å². The molecule has 9 heteroatoms. The Bertz CT molecular complexity index is 1300. The molecule has 2 aliphatic rings. The van der Waals surface area contributed by atoms with Crippen LogP contribution in [0, 0.1) is 11.8 Å². The molecule has 2 aliphatic heterocycles. The molecule has 1 saturated heterocycles. The van der Waals surface area contributed by atoms with Crippen LogP contribution < -0.4 is 10.9 Å². The van der Waals surface area contributed by atoms with Gasteiger partial charge in [0.05, 0.1) is 6.04 Å². The Hall–Kier alpha value is -3.56. The second-order valence-electron chi connectivity index (χ2n) is 8.53. The Morgan fingerprint density at radius 2 is 2.00 bits per heavy atom. The van der Waals surface area contributed by atoms with E-state index in [0.29, 0.717) is 22.9 Å². The van der Waals surface area contributed by atoms with Crippen LogP contribution in [0.1, 0.15) is 29.8 Å². The molecule has 4 heterocycles. The number of nitrogens with one attached hydrogen (secondary N) is 1. The summed E-state index contributed by atoms with van der Waals surface area (Å²) < 4.78 is 1.67. The number of aliphatic hydroxyl groups is 1. The molecule has 174 valence electrons. The Morgan fingerprint density at radius 3 is 2.68 bits per heavy atom. The van der Waals surface area contributed by atoms with Gasteiger partial charge in [0, 0.05) is 54.7 Å². The van der Waals surface area contributed by atoms with E-state index in [2.05, 4.69) is 10.3 Å². The minimum Gasteiger partial charge on any atom is -0.396 e. The summed E-state index contributed by atoms with van der Waals surface area (Å²) >= 11 is 1.28. The topological polar surface area (TPSA) is 105 Å². The van der Waals surface area contributed by atoms with Crippen LogP contribution in [-0.4, -0.2) is 44.0 Å². The summed E-state index contributed by atoms with van der Waals surface area (Å²) in [7, 11) is 0. The van der Waals surface area contributed by atoms with E-state index >= 15 is 0 Å². The first kappa shape index (κ1) is 22.2. The molecule has 0 unspecified atom stereocenters. The van der Waals surface area contributed by atoms with Crippen LogP contribution in [0.4, 0.5) is 5.13 Å². The summed E-state index contributed by atoms with van der Waals surface area (Å²) in [5.74, 6) is -1.41. The van der Waals surface area contributed by atoms with Crippen molar-refractivity contribution in [1.82, 2.24) is 14.5 Å². The van der Waals surface area contributed by atoms with Gasteiger partial charge in [0.2, 0.25) is 11.8 Å². The van der Waals surface area contributed by atoms with Gasteiger partial charge in [-0.2, -0.15) is 0 Å². The lowest BCUT2D eigenvalue weighted by molar-refractivity contribution is -0.138. The van der Waals surface area contributed by atoms with Gasteiger partial charge in [-0.15, -0.1) is 11.3 Å². The fourth-order valence-electron chi connectivity index (χ4n) is 5.21. The first-order chi connectivity index (χ1) is 16.5. The molecule has 2 N–H and O–H groups in total. The zero-order valence-electron chi connectivity index (χ0n) is 18.5. The number of aromatic nitrogens is 2. The predicted octanol–water partition coefficient (Wildman–Crippen LogP) is 2.62. The maximum absolute atomic E-state index is 13.3. The lowest BCUT2D eigenvalue weighted by Gasteiger charge is -2.29. The van der Waals surface area contributed by atoms with Crippen LogP contribution in [0.25, 0.3) is 12.2 Å². The van der Waals surface area contributed by atoms with Crippen molar-refractivity contribution in [2.75, 3.05) is 11.9 Å². The average Bonchev–Trinajstić information content (AvgIpc) is 3.54. The maximum Gasteiger partial charge on any atom is 0.258 e. The van der Waals surface area contributed by atoms with E-state index in [-0.39, 0.29) is 29.9 Å². The van der Waals surface area contributed by atoms with Gasteiger partial charge in [0.15, 0.2) is 5.13 Å². The second-order valence-corrected chi connectivity index (χ2v) is 9.42. The fraction of sp³-hybridized carbons (Fsp3) is 0.280. The van der Waals surface area contributed by atoms with Crippen LogP contribution in [0.3, 0.4) is 0 Å². The number of amides is 2. The molecule has 1 aromatic carbocycles. The molecule has 8 nitrogen and oxygen atoms in total. The highest BCUT2D eigenvalue weighted by molar-refractivity contribution is 7.13. The predicted molar refractivity (Wildman–Crippen MR) is 130 cm³/mol. The molecule has 5 rings (SSSR count). The monoisotopic (exact) mass is 476 g/mol. The van der Waals surface area contributed by atoms with Crippen molar-refractivity contribution < 1.29 is 14.7 Å². The Kier molecular flexibility index (Phi) is 5.89. The smallest absolute Gasteiger partial charge is 0.258 e. The van der Waals surface area contributed by atoms with E-state index in [4.69, 9.17) is 0 Å². The molecule has 0 aliphatic carbocycles. The van der Waals surface area contributed by atoms with Crippen molar-refractivity contribution in [3.63, 3.8) is 0 Å². The third kappa shape index (κ3) is 3.76. The summed E-state index contributed by atoms with van der Waals surface area (Å²) in [4.78, 5) is 44.8. The minimum absolute atomic E-state index is 0.150. The normalized spacial score (nSPS) is 23.2. The maximum atomic E-state index is 13.3. The average molecular weight is 477 g/mol. The van der Waals surface area contributed by atoms with Gasteiger partial charge in [-0.3, -0.25) is 14.4 Å². The zero-order valence-corrected chi connectivity index (χ0v) is 19.3. The molecule has 3 aromatic rings. The molecule has 0 spiro atoms.